The van der Waals surface area contributed by atoms with Gasteiger partial charge in [0.2, 0.25) is 0 Å². The van der Waals surface area contributed by atoms with Crippen LogP contribution in [0.4, 0.5) is 0 Å². The van der Waals surface area contributed by atoms with Crippen molar-refractivity contribution in [2.45, 2.75) is 31.5 Å². The van der Waals surface area contributed by atoms with Gasteiger partial charge in [-0.2, -0.15) is 0 Å². The van der Waals surface area contributed by atoms with Crippen molar-refractivity contribution in [3.8, 4) is 0 Å². The van der Waals surface area contributed by atoms with E-state index in [0.717, 1.165) is 19.3 Å². The number of carbonyl (C=O) groups excluding carboxylic acids is 1. The van der Waals surface area contributed by atoms with Crippen LogP contribution in [0.15, 0.2) is 12.2 Å². The van der Waals surface area contributed by atoms with Crippen LogP contribution < -0.4 is 0 Å². The summed E-state index contributed by atoms with van der Waals surface area (Å²) in [6, 6.07) is 0. The Bertz CT molecular complexity index is 251. The van der Waals surface area contributed by atoms with E-state index in [1.54, 1.807) is 13.2 Å². The van der Waals surface area contributed by atoms with Crippen molar-refractivity contribution >= 4 is 5.78 Å². The second-order valence-electron chi connectivity index (χ2n) is 3.84. The first-order valence-electron chi connectivity index (χ1n) is 5.71. The summed E-state index contributed by atoms with van der Waals surface area (Å²) in [6.45, 7) is 0.242. The molecule has 5 nitrogen and oxygen atoms in total. The fourth-order valence-electron chi connectivity index (χ4n) is 1.72. The Kier molecular flexibility index (Phi) is 7.04. The lowest BCUT2D eigenvalue weighted by atomic mass is 9.99. The van der Waals surface area contributed by atoms with E-state index in [-0.39, 0.29) is 25.5 Å². The highest BCUT2D eigenvalue weighted by molar-refractivity contribution is 5.94. The third-order valence-electron chi connectivity index (χ3n) is 2.53. The van der Waals surface area contributed by atoms with Crippen molar-refractivity contribution in [3.05, 3.63) is 12.2 Å². The molecule has 0 amide bonds. The lowest BCUT2D eigenvalue weighted by Gasteiger charge is -2.26. The van der Waals surface area contributed by atoms with E-state index in [0.29, 0.717) is 0 Å². The Balaban J connectivity index is 2.64. The van der Waals surface area contributed by atoms with E-state index in [1.807, 2.05) is 6.08 Å². The minimum atomic E-state index is -0.610. The summed E-state index contributed by atoms with van der Waals surface area (Å²) < 4.78 is 20.6. The van der Waals surface area contributed by atoms with Crippen LogP contribution in [0.3, 0.4) is 0 Å². The van der Waals surface area contributed by atoms with Gasteiger partial charge in [-0.05, 0) is 25.3 Å². The molecule has 0 aliphatic heterocycles. The first-order valence-corrected chi connectivity index (χ1v) is 5.71. The SMILES string of the molecule is COCOC1CCC/C=C\C(=O)C1OCOC. The Morgan fingerprint density at radius 3 is 2.65 bits per heavy atom. The Morgan fingerprint density at radius 1 is 1.24 bits per heavy atom. The van der Waals surface area contributed by atoms with Gasteiger partial charge in [-0.1, -0.05) is 6.08 Å². The van der Waals surface area contributed by atoms with Crippen LogP contribution in [0.25, 0.3) is 0 Å². The summed E-state index contributed by atoms with van der Waals surface area (Å²) in [5.74, 6) is -0.0807. The van der Waals surface area contributed by atoms with Crippen LogP contribution in [0, 0.1) is 0 Å². The van der Waals surface area contributed by atoms with Gasteiger partial charge in [0.1, 0.15) is 19.7 Å². The van der Waals surface area contributed by atoms with E-state index < -0.39 is 6.10 Å². The van der Waals surface area contributed by atoms with Crippen molar-refractivity contribution in [1.29, 1.82) is 0 Å². The maximum atomic E-state index is 11.9. The topological polar surface area (TPSA) is 54.0 Å². The zero-order valence-electron chi connectivity index (χ0n) is 10.4. The zero-order chi connectivity index (χ0) is 12.5. The predicted octanol–water partition coefficient (Wildman–Crippen LogP) is 1.27. The molecule has 0 saturated heterocycles. The quantitative estimate of drug-likeness (QED) is 0.659. The molecule has 0 bridgehead atoms. The number of ketones is 1. The van der Waals surface area contributed by atoms with Gasteiger partial charge in [-0.15, -0.1) is 0 Å². The molecule has 0 saturated carbocycles. The molecule has 0 heterocycles. The van der Waals surface area contributed by atoms with Crippen LogP contribution in [-0.2, 0) is 23.7 Å². The van der Waals surface area contributed by atoms with Crippen LogP contribution in [0.5, 0.6) is 0 Å². The molecule has 1 aliphatic carbocycles. The van der Waals surface area contributed by atoms with Crippen LogP contribution in [0.2, 0.25) is 0 Å². The second kappa shape index (κ2) is 8.36. The highest BCUT2D eigenvalue weighted by Gasteiger charge is 2.29. The average molecular weight is 244 g/mol. The molecule has 0 aromatic carbocycles. The second-order valence-corrected chi connectivity index (χ2v) is 3.84. The number of carbonyl (C=O) groups is 1. The number of hydrogen-bond donors (Lipinski definition) is 0. The Morgan fingerprint density at radius 2 is 1.94 bits per heavy atom. The first kappa shape index (κ1) is 14.3. The zero-order valence-corrected chi connectivity index (χ0v) is 10.4. The number of allylic oxidation sites excluding steroid dienone is 1. The van der Waals surface area contributed by atoms with Crippen LogP contribution in [0.1, 0.15) is 19.3 Å². The van der Waals surface area contributed by atoms with Crippen molar-refractivity contribution in [1.82, 2.24) is 0 Å². The van der Waals surface area contributed by atoms with Gasteiger partial charge >= 0.3 is 0 Å². The molecule has 1 aliphatic rings. The molecular formula is C12H20O5. The molecule has 5 heteroatoms. The van der Waals surface area contributed by atoms with E-state index in [4.69, 9.17) is 18.9 Å². The molecule has 0 radical (unpaired) electrons. The molecule has 2 atom stereocenters. The number of rotatable bonds is 6. The third-order valence-corrected chi connectivity index (χ3v) is 2.53. The summed E-state index contributed by atoms with van der Waals surface area (Å²) in [4.78, 5) is 11.9. The number of ether oxygens (including phenoxy) is 4. The summed E-state index contributed by atoms with van der Waals surface area (Å²) in [7, 11) is 3.07. The van der Waals surface area contributed by atoms with Gasteiger partial charge in [0.25, 0.3) is 0 Å². The largest absolute Gasteiger partial charge is 0.359 e. The van der Waals surface area contributed by atoms with Crippen molar-refractivity contribution in [2.75, 3.05) is 27.8 Å². The Labute approximate surface area is 102 Å². The standard InChI is InChI=1S/C12H20O5/c1-14-8-16-11-7-5-3-4-6-10(13)12(11)17-9-15-2/h4,6,11-12H,3,5,7-9H2,1-2H3/b6-4-. The Hall–Kier alpha value is -0.750. The highest BCUT2D eigenvalue weighted by atomic mass is 16.7. The lowest BCUT2D eigenvalue weighted by Crippen LogP contribution is -2.39. The van der Waals surface area contributed by atoms with E-state index in [2.05, 4.69) is 0 Å². The minimum absolute atomic E-state index is 0.0804. The summed E-state index contributed by atoms with van der Waals surface area (Å²) in [6.07, 6.45) is 5.17. The maximum Gasteiger partial charge on any atom is 0.186 e. The number of hydrogen-bond acceptors (Lipinski definition) is 5. The fourth-order valence-corrected chi connectivity index (χ4v) is 1.72. The maximum absolute atomic E-state index is 11.9. The van der Waals surface area contributed by atoms with Gasteiger partial charge in [-0.25, -0.2) is 0 Å². The van der Waals surface area contributed by atoms with Crippen molar-refractivity contribution in [2.24, 2.45) is 0 Å². The molecule has 98 valence electrons. The van der Waals surface area contributed by atoms with E-state index >= 15 is 0 Å². The normalized spacial score (nSPS) is 27.5. The molecular weight excluding hydrogens is 224 g/mol. The van der Waals surface area contributed by atoms with Gasteiger partial charge in [0.05, 0.1) is 6.10 Å². The highest BCUT2D eigenvalue weighted by Crippen LogP contribution is 2.17. The van der Waals surface area contributed by atoms with Gasteiger partial charge in [0.15, 0.2) is 5.78 Å². The lowest BCUT2D eigenvalue weighted by molar-refractivity contribution is -0.169. The molecule has 0 spiro atoms. The van der Waals surface area contributed by atoms with Crippen molar-refractivity contribution in [3.63, 3.8) is 0 Å². The molecule has 0 fully saturated rings. The molecule has 0 N–H and O–H groups in total. The summed E-state index contributed by atoms with van der Waals surface area (Å²) in [5.41, 5.74) is 0. The summed E-state index contributed by atoms with van der Waals surface area (Å²) >= 11 is 0. The monoisotopic (exact) mass is 244 g/mol. The first-order chi connectivity index (χ1) is 8.29. The minimum Gasteiger partial charge on any atom is -0.359 e. The molecule has 1 rings (SSSR count). The molecule has 2 unspecified atom stereocenters. The van der Waals surface area contributed by atoms with Gasteiger partial charge in [-0.3, -0.25) is 4.79 Å². The number of methoxy groups -OCH3 is 2. The fraction of sp³-hybridized carbons (Fsp3) is 0.750. The van der Waals surface area contributed by atoms with E-state index in [1.165, 1.54) is 7.11 Å². The molecule has 0 aromatic heterocycles. The molecule has 0 aromatic rings. The van der Waals surface area contributed by atoms with E-state index in [9.17, 15) is 4.79 Å². The van der Waals surface area contributed by atoms with Crippen LogP contribution >= 0.6 is 0 Å². The molecule has 17 heavy (non-hydrogen) atoms. The average Bonchev–Trinajstić information content (AvgIpc) is 2.32. The smallest absolute Gasteiger partial charge is 0.186 e. The summed E-state index contributed by atoms with van der Waals surface area (Å²) in [5, 5.41) is 0. The van der Waals surface area contributed by atoms with Crippen LogP contribution in [-0.4, -0.2) is 45.8 Å². The van der Waals surface area contributed by atoms with Gasteiger partial charge in [0, 0.05) is 14.2 Å². The predicted molar refractivity (Wildman–Crippen MR) is 61.5 cm³/mol. The van der Waals surface area contributed by atoms with Crippen molar-refractivity contribution < 1.29 is 23.7 Å². The third kappa shape index (κ3) is 4.95. The van der Waals surface area contributed by atoms with Gasteiger partial charge < -0.3 is 18.9 Å².